The standard InChI is InChI=1S/C26H25N3O4S/c1-32-22-11-8-17(14-23(22)33-2)12-13-27-24(30)16-34-26-28-20-10-9-19(15-21(20)29-26)25(31)18-6-4-3-5-7-18/h3-11,14-15H,12-13,16H2,1-2H3,(H,27,30)(H,28,29). The molecule has 0 aliphatic rings. The van der Waals surface area contributed by atoms with E-state index >= 15 is 0 Å². The van der Waals surface area contributed by atoms with Crippen LogP contribution >= 0.6 is 11.8 Å². The highest BCUT2D eigenvalue weighted by atomic mass is 32.2. The third-order valence-electron chi connectivity index (χ3n) is 5.28. The Balaban J connectivity index is 1.30. The van der Waals surface area contributed by atoms with Crippen molar-refractivity contribution in [1.29, 1.82) is 0 Å². The number of nitrogens with zero attached hydrogens (tertiary/aromatic N) is 1. The first-order chi connectivity index (χ1) is 16.6. The van der Waals surface area contributed by atoms with Gasteiger partial charge in [-0.15, -0.1) is 0 Å². The van der Waals surface area contributed by atoms with Gasteiger partial charge in [0.05, 0.1) is 31.0 Å². The Labute approximate surface area is 201 Å². The van der Waals surface area contributed by atoms with Gasteiger partial charge >= 0.3 is 0 Å². The van der Waals surface area contributed by atoms with E-state index in [1.807, 2.05) is 42.5 Å². The van der Waals surface area contributed by atoms with Gasteiger partial charge in [-0.05, 0) is 42.3 Å². The molecule has 0 fully saturated rings. The van der Waals surface area contributed by atoms with E-state index in [1.54, 1.807) is 38.5 Å². The molecular formula is C26H25N3O4S. The van der Waals surface area contributed by atoms with E-state index in [4.69, 9.17) is 9.47 Å². The number of H-pyrrole nitrogens is 1. The third kappa shape index (κ3) is 5.58. The average Bonchev–Trinajstić information content (AvgIpc) is 3.29. The van der Waals surface area contributed by atoms with Crippen molar-refractivity contribution < 1.29 is 19.1 Å². The highest BCUT2D eigenvalue weighted by Gasteiger charge is 2.12. The first-order valence-electron chi connectivity index (χ1n) is 10.8. The van der Waals surface area contributed by atoms with Crippen molar-refractivity contribution in [2.45, 2.75) is 11.6 Å². The average molecular weight is 476 g/mol. The fourth-order valence-corrected chi connectivity index (χ4v) is 4.23. The molecule has 0 bridgehead atoms. The number of rotatable bonds is 10. The molecule has 174 valence electrons. The molecule has 1 heterocycles. The van der Waals surface area contributed by atoms with E-state index in [2.05, 4.69) is 15.3 Å². The molecule has 0 radical (unpaired) electrons. The van der Waals surface area contributed by atoms with Gasteiger partial charge in [0.15, 0.2) is 22.4 Å². The van der Waals surface area contributed by atoms with E-state index in [-0.39, 0.29) is 17.4 Å². The summed E-state index contributed by atoms with van der Waals surface area (Å²) in [4.78, 5) is 32.7. The number of fused-ring (bicyclic) bond motifs is 1. The largest absolute Gasteiger partial charge is 0.493 e. The number of imidazole rings is 1. The second kappa shape index (κ2) is 10.9. The Morgan fingerprint density at radius 3 is 2.50 bits per heavy atom. The third-order valence-corrected chi connectivity index (χ3v) is 6.16. The smallest absolute Gasteiger partial charge is 0.230 e. The summed E-state index contributed by atoms with van der Waals surface area (Å²) in [5.41, 5.74) is 3.79. The minimum atomic E-state index is -0.0779. The number of carbonyl (C=O) groups excluding carboxylic acids is 2. The van der Waals surface area contributed by atoms with Crippen LogP contribution in [0.2, 0.25) is 0 Å². The van der Waals surface area contributed by atoms with Gasteiger partial charge < -0.3 is 19.8 Å². The van der Waals surface area contributed by atoms with E-state index < -0.39 is 0 Å². The van der Waals surface area contributed by atoms with Crippen LogP contribution in [-0.2, 0) is 11.2 Å². The van der Waals surface area contributed by atoms with Crippen LogP contribution in [0.25, 0.3) is 11.0 Å². The predicted molar refractivity (Wildman–Crippen MR) is 133 cm³/mol. The molecule has 0 aliphatic carbocycles. The fourth-order valence-electron chi connectivity index (χ4n) is 3.52. The molecule has 0 aliphatic heterocycles. The molecule has 0 saturated heterocycles. The normalized spacial score (nSPS) is 10.8. The number of methoxy groups -OCH3 is 2. The number of ketones is 1. The van der Waals surface area contributed by atoms with Crippen molar-refractivity contribution in [2.75, 3.05) is 26.5 Å². The Hall–Kier alpha value is -3.78. The number of hydrogen-bond acceptors (Lipinski definition) is 6. The number of carbonyl (C=O) groups is 2. The van der Waals surface area contributed by atoms with Crippen LogP contribution in [0.1, 0.15) is 21.5 Å². The maximum atomic E-state index is 12.7. The highest BCUT2D eigenvalue weighted by Crippen LogP contribution is 2.27. The quantitative estimate of drug-likeness (QED) is 0.263. The lowest BCUT2D eigenvalue weighted by Crippen LogP contribution is -2.27. The molecule has 0 atom stereocenters. The molecule has 4 rings (SSSR count). The van der Waals surface area contributed by atoms with E-state index in [0.29, 0.717) is 40.7 Å². The zero-order valence-electron chi connectivity index (χ0n) is 19.0. The van der Waals surface area contributed by atoms with Gasteiger partial charge in [0.2, 0.25) is 5.91 Å². The van der Waals surface area contributed by atoms with Crippen LogP contribution in [-0.4, -0.2) is 48.2 Å². The van der Waals surface area contributed by atoms with Gasteiger partial charge in [0, 0.05) is 17.7 Å². The van der Waals surface area contributed by atoms with Crippen LogP contribution in [0.5, 0.6) is 11.5 Å². The SMILES string of the molecule is COc1ccc(CCNC(=O)CSc2nc3ccc(C(=O)c4ccccc4)cc3[nH]2)cc1OC. The second-order valence-electron chi connectivity index (χ2n) is 7.55. The van der Waals surface area contributed by atoms with Crippen molar-refractivity contribution >= 4 is 34.5 Å². The van der Waals surface area contributed by atoms with Crippen molar-refractivity contribution in [2.24, 2.45) is 0 Å². The summed E-state index contributed by atoms with van der Waals surface area (Å²) in [7, 11) is 3.20. The molecule has 1 aromatic heterocycles. The number of thioether (sulfide) groups is 1. The lowest BCUT2D eigenvalue weighted by molar-refractivity contribution is -0.118. The molecule has 7 nitrogen and oxygen atoms in total. The zero-order chi connectivity index (χ0) is 23.9. The Morgan fingerprint density at radius 2 is 1.74 bits per heavy atom. The molecule has 0 saturated carbocycles. The van der Waals surface area contributed by atoms with Crippen LogP contribution in [0.15, 0.2) is 71.9 Å². The summed E-state index contributed by atoms with van der Waals surface area (Å²) in [5, 5.41) is 3.56. The van der Waals surface area contributed by atoms with E-state index in [9.17, 15) is 9.59 Å². The van der Waals surface area contributed by atoms with Gasteiger partial charge in [0.25, 0.3) is 0 Å². The first-order valence-corrected chi connectivity index (χ1v) is 11.8. The van der Waals surface area contributed by atoms with Crippen molar-refractivity contribution in [3.8, 4) is 11.5 Å². The summed E-state index contributed by atoms with van der Waals surface area (Å²) in [5.74, 6) is 1.46. The molecule has 3 aromatic carbocycles. The molecule has 0 unspecified atom stereocenters. The molecule has 0 spiro atoms. The number of aromatic amines is 1. The summed E-state index contributed by atoms with van der Waals surface area (Å²) in [6.07, 6.45) is 0.680. The topological polar surface area (TPSA) is 93.3 Å². The highest BCUT2D eigenvalue weighted by molar-refractivity contribution is 7.99. The van der Waals surface area contributed by atoms with Crippen LogP contribution in [0, 0.1) is 0 Å². The van der Waals surface area contributed by atoms with Gasteiger partial charge in [0.1, 0.15) is 0 Å². The van der Waals surface area contributed by atoms with Gasteiger partial charge in [-0.3, -0.25) is 9.59 Å². The number of benzene rings is 3. The Kier molecular flexibility index (Phi) is 7.49. The summed E-state index contributed by atoms with van der Waals surface area (Å²) in [6.45, 7) is 0.514. The van der Waals surface area contributed by atoms with Crippen molar-refractivity contribution in [1.82, 2.24) is 15.3 Å². The molecule has 1 amide bonds. The summed E-state index contributed by atoms with van der Waals surface area (Å²) >= 11 is 1.32. The van der Waals surface area contributed by atoms with E-state index in [0.717, 1.165) is 16.6 Å². The summed E-state index contributed by atoms with van der Waals surface area (Å²) < 4.78 is 10.6. The molecule has 34 heavy (non-hydrogen) atoms. The number of amides is 1. The first kappa shape index (κ1) is 23.4. The molecule has 4 aromatic rings. The second-order valence-corrected chi connectivity index (χ2v) is 8.51. The monoisotopic (exact) mass is 475 g/mol. The lowest BCUT2D eigenvalue weighted by Gasteiger charge is -2.10. The van der Waals surface area contributed by atoms with Crippen LogP contribution in [0.4, 0.5) is 0 Å². The summed E-state index contributed by atoms with van der Waals surface area (Å²) in [6, 6.07) is 20.3. The van der Waals surface area contributed by atoms with Crippen LogP contribution in [0.3, 0.4) is 0 Å². The van der Waals surface area contributed by atoms with Gasteiger partial charge in [-0.2, -0.15) is 0 Å². The number of aromatic nitrogens is 2. The fraction of sp³-hybridized carbons (Fsp3) is 0.192. The minimum Gasteiger partial charge on any atom is -0.493 e. The maximum Gasteiger partial charge on any atom is 0.230 e. The van der Waals surface area contributed by atoms with Crippen LogP contribution < -0.4 is 14.8 Å². The molecule has 8 heteroatoms. The Morgan fingerprint density at radius 1 is 0.941 bits per heavy atom. The van der Waals surface area contributed by atoms with Crippen molar-refractivity contribution in [3.05, 3.63) is 83.4 Å². The molecular weight excluding hydrogens is 450 g/mol. The molecule has 2 N–H and O–H groups in total. The van der Waals surface area contributed by atoms with Gasteiger partial charge in [-0.1, -0.05) is 48.2 Å². The Bertz CT molecular complexity index is 1300. The predicted octanol–water partition coefficient (Wildman–Crippen LogP) is 4.26. The van der Waals surface area contributed by atoms with E-state index in [1.165, 1.54) is 11.8 Å². The lowest BCUT2D eigenvalue weighted by atomic mass is 10.0. The number of ether oxygens (including phenoxy) is 2. The number of hydrogen-bond donors (Lipinski definition) is 2. The minimum absolute atomic E-state index is 0.0415. The number of nitrogens with one attached hydrogen (secondary N) is 2. The van der Waals surface area contributed by atoms with Crippen molar-refractivity contribution in [3.63, 3.8) is 0 Å². The maximum absolute atomic E-state index is 12.7. The van der Waals surface area contributed by atoms with Gasteiger partial charge in [-0.25, -0.2) is 4.98 Å². The zero-order valence-corrected chi connectivity index (χ0v) is 19.8.